The van der Waals surface area contributed by atoms with E-state index in [1.807, 2.05) is 26.0 Å². The average Bonchev–Trinajstić information content (AvgIpc) is 3.28. The normalized spacial score (nSPS) is 24.5. The number of carbonyl (C=O) groups is 1. The summed E-state index contributed by atoms with van der Waals surface area (Å²) in [7, 11) is -2.13. The van der Waals surface area contributed by atoms with Crippen LogP contribution >= 0.6 is 0 Å². The molecule has 0 saturated heterocycles. The van der Waals surface area contributed by atoms with Gasteiger partial charge in [-0.15, -0.1) is 0 Å². The van der Waals surface area contributed by atoms with Gasteiger partial charge in [0.15, 0.2) is 0 Å². The second-order valence-corrected chi connectivity index (χ2v) is 11.1. The number of hydrogen-bond donors (Lipinski definition) is 2. The summed E-state index contributed by atoms with van der Waals surface area (Å²) < 4.78 is 34.6. The summed E-state index contributed by atoms with van der Waals surface area (Å²) in [6.07, 6.45) is 7.61. The van der Waals surface area contributed by atoms with E-state index in [1.165, 1.54) is 4.31 Å². The zero-order chi connectivity index (χ0) is 24.2. The second-order valence-electron chi connectivity index (χ2n) is 9.26. The Morgan fingerprint density at radius 1 is 1.36 bits per heavy atom. The Labute approximate surface area is 197 Å². The third-order valence-electron chi connectivity index (χ3n) is 6.53. The molecule has 3 atom stereocenters. The molecule has 2 N–H and O–H groups in total. The van der Waals surface area contributed by atoms with Gasteiger partial charge in [-0.05, 0) is 44.4 Å². The van der Waals surface area contributed by atoms with E-state index in [0.717, 1.165) is 31.2 Å². The minimum atomic E-state index is -3.87. The molecule has 1 fully saturated rings. The van der Waals surface area contributed by atoms with Crippen molar-refractivity contribution in [3.05, 3.63) is 29.8 Å². The molecule has 8 nitrogen and oxygen atoms in total. The molecule has 9 heteroatoms. The number of ether oxygens (including phenoxy) is 1. The molecule has 2 aliphatic rings. The summed E-state index contributed by atoms with van der Waals surface area (Å²) in [4.78, 5) is 14.4. The van der Waals surface area contributed by atoms with E-state index in [-0.39, 0.29) is 41.8 Å². The number of hydrogen-bond acceptors (Lipinski definition) is 5. The highest BCUT2D eigenvalue weighted by atomic mass is 32.2. The zero-order valence-electron chi connectivity index (χ0n) is 20.0. The minimum absolute atomic E-state index is 0.0750. The number of aliphatic hydroxyl groups excluding tert-OH is 1. The minimum Gasteiger partial charge on any atom is -0.487 e. The SMILES string of the molecule is C/C=C/c1ccc2c(c1)O[C@@H](CN(C)C(=O)NC1CCCC1)[C@@H](C)CN([C@@H](C)CO)S2(=O)=O. The molecule has 33 heavy (non-hydrogen) atoms. The van der Waals surface area contributed by atoms with Gasteiger partial charge < -0.3 is 20.1 Å². The van der Waals surface area contributed by atoms with Crippen LogP contribution in [0.15, 0.2) is 29.2 Å². The quantitative estimate of drug-likeness (QED) is 0.653. The molecule has 3 rings (SSSR count). The Hall–Kier alpha value is -2.10. The van der Waals surface area contributed by atoms with Gasteiger partial charge in [0.2, 0.25) is 10.0 Å². The third-order valence-corrected chi connectivity index (χ3v) is 8.55. The van der Waals surface area contributed by atoms with Gasteiger partial charge in [0, 0.05) is 31.6 Å². The van der Waals surface area contributed by atoms with Crippen LogP contribution in [-0.4, -0.2) is 73.7 Å². The van der Waals surface area contributed by atoms with Gasteiger partial charge in [-0.25, -0.2) is 13.2 Å². The van der Waals surface area contributed by atoms with Crippen LogP contribution in [0.3, 0.4) is 0 Å². The number of nitrogens with one attached hydrogen (secondary N) is 1. The molecule has 1 aromatic rings. The molecule has 1 saturated carbocycles. The first-order valence-electron chi connectivity index (χ1n) is 11.7. The largest absolute Gasteiger partial charge is 0.487 e. The lowest BCUT2D eigenvalue weighted by Crippen LogP contribution is -2.51. The number of fused-ring (bicyclic) bond motifs is 1. The van der Waals surface area contributed by atoms with E-state index in [4.69, 9.17) is 4.74 Å². The Bertz CT molecular complexity index is 959. The summed E-state index contributed by atoms with van der Waals surface area (Å²) in [5, 5.41) is 12.8. The number of benzene rings is 1. The summed E-state index contributed by atoms with van der Waals surface area (Å²) >= 11 is 0. The molecule has 0 bridgehead atoms. The van der Waals surface area contributed by atoms with Crippen molar-refractivity contribution >= 4 is 22.1 Å². The lowest BCUT2D eigenvalue weighted by molar-refractivity contribution is 0.0808. The van der Waals surface area contributed by atoms with Crippen LogP contribution in [0.25, 0.3) is 6.08 Å². The molecule has 0 radical (unpaired) electrons. The highest BCUT2D eigenvalue weighted by Crippen LogP contribution is 2.34. The number of carbonyl (C=O) groups excluding carboxylic acids is 1. The fourth-order valence-corrected chi connectivity index (χ4v) is 6.29. The van der Waals surface area contributed by atoms with Crippen molar-refractivity contribution in [2.45, 2.75) is 69.5 Å². The smallest absolute Gasteiger partial charge is 0.317 e. The van der Waals surface area contributed by atoms with E-state index >= 15 is 0 Å². The van der Waals surface area contributed by atoms with Crippen LogP contribution < -0.4 is 10.1 Å². The maximum atomic E-state index is 13.5. The predicted molar refractivity (Wildman–Crippen MR) is 129 cm³/mol. The summed E-state index contributed by atoms with van der Waals surface area (Å²) in [6.45, 7) is 5.71. The fourth-order valence-electron chi connectivity index (χ4n) is 4.46. The van der Waals surface area contributed by atoms with Gasteiger partial charge in [0.1, 0.15) is 16.7 Å². The van der Waals surface area contributed by atoms with Crippen molar-refractivity contribution in [3.8, 4) is 5.75 Å². The van der Waals surface area contributed by atoms with Gasteiger partial charge >= 0.3 is 6.03 Å². The lowest BCUT2D eigenvalue weighted by atomic mass is 10.0. The molecule has 184 valence electrons. The molecule has 0 unspecified atom stereocenters. The number of likely N-dealkylation sites (N-methyl/N-ethyl adjacent to an activating group) is 1. The number of urea groups is 1. The first-order chi connectivity index (χ1) is 15.7. The highest BCUT2D eigenvalue weighted by molar-refractivity contribution is 7.89. The lowest BCUT2D eigenvalue weighted by Gasteiger charge is -2.37. The Balaban J connectivity index is 1.92. The Morgan fingerprint density at radius 3 is 2.70 bits per heavy atom. The Morgan fingerprint density at radius 2 is 2.06 bits per heavy atom. The van der Waals surface area contributed by atoms with E-state index in [0.29, 0.717) is 6.54 Å². The van der Waals surface area contributed by atoms with E-state index in [9.17, 15) is 18.3 Å². The van der Waals surface area contributed by atoms with E-state index in [1.54, 1.807) is 37.1 Å². The average molecular weight is 480 g/mol. The van der Waals surface area contributed by atoms with Crippen molar-refractivity contribution in [1.82, 2.24) is 14.5 Å². The molecule has 1 aliphatic carbocycles. The number of amides is 2. The van der Waals surface area contributed by atoms with E-state index in [2.05, 4.69) is 5.32 Å². The fraction of sp³-hybridized carbons (Fsp3) is 0.625. The van der Waals surface area contributed by atoms with Gasteiger partial charge in [-0.1, -0.05) is 38.0 Å². The monoisotopic (exact) mass is 479 g/mol. The van der Waals surface area contributed by atoms with Crippen molar-refractivity contribution in [1.29, 1.82) is 0 Å². The first kappa shape index (κ1) is 25.5. The number of rotatable bonds is 6. The molecule has 1 heterocycles. The molecular weight excluding hydrogens is 442 g/mol. The van der Waals surface area contributed by atoms with Crippen LogP contribution in [0.1, 0.15) is 52.0 Å². The van der Waals surface area contributed by atoms with E-state index < -0.39 is 22.2 Å². The maximum absolute atomic E-state index is 13.5. The van der Waals surface area contributed by atoms with Gasteiger partial charge in [0.25, 0.3) is 0 Å². The standard InChI is InChI=1S/C24H37N3O5S/c1-5-8-19-11-12-23-21(13-19)32-22(15-26(4)24(29)25-20-9-6-7-10-20)17(2)14-27(18(3)16-28)33(23,30)31/h5,8,11-13,17-18,20,22,28H,6-7,9-10,14-16H2,1-4H3,(H,25,29)/b8-5+/t17-,18-,22-/m0/s1. The molecule has 2 amide bonds. The summed E-state index contributed by atoms with van der Waals surface area (Å²) in [5.41, 5.74) is 0.826. The number of aliphatic hydroxyl groups is 1. The number of allylic oxidation sites excluding steroid dienone is 1. The molecule has 1 aliphatic heterocycles. The van der Waals surface area contributed by atoms with Crippen LogP contribution in [0.5, 0.6) is 5.75 Å². The van der Waals surface area contributed by atoms with Crippen LogP contribution in [-0.2, 0) is 10.0 Å². The van der Waals surface area contributed by atoms with Gasteiger partial charge in [-0.3, -0.25) is 0 Å². The molecule has 0 spiro atoms. The van der Waals surface area contributed by atoms with Gasteiger partial charge in [0.05, 0.1) is 13.2 Å². The molecular formula is C24H37N3O5S. The summed E-state index contributed by atoms with van der Waals surface area (Å²) in [5.74, 6) is 0.0518. The number of sulfonamides is 1. The third kappa shape index (κ3) is 5.88. The van der Waals surface area contributed by atoms with Crippen molar-refractivity contribution < 1.29 is 23.1 Å². The van der Waals surface area contributed by atoms with Gasteiger partial charge in [-0.2, -0.15) is 4.31 Å². The second kappa shape index (κ2) is 10.9. The number of nitrogens with zero attached hydrogens (tertiary/aromatic N) is 2. The Kier molecular flexibility index (Phi) is 8.42. The first-order valence-corrected chi connectivity index (χ1v) is 13.2. The molecule has 1 aromatic carbocycles. The van der Waals surface area contributed by atoms with Crippen molar-refractivity contribution in [2.24, 2.45) is 5.92 Å². The van der Waals surface area contributed by atoms with Crippen LogP contribution in [0.2, 0.25) is 0 Å². The highest BCUT2D eigenvalue weighted by Gasteiger charge is 2.38. The summed E-state index contributed by atoms with van der Waals surface area (Å²) in [6, 6.07) is 4.51. The van der Waals surface area contributed by atoms with Crippen LogP contribution in [0, 0.1) is 5.92 Å². The topological polar surface area (TPSA) is 99.2 Å². The van der Waals surface area contributed by atoms with Crippen molar-refractivity contribution in [3.63, 3.8) is 0 Å². The molecule has 0 aromatic heterocycles. The maximum Gasteiger partial charge on any atom is 0.317 e. The van der Waals surface area contributed by atoms with Crippen molar-refractivity contribution in [2.75, 3.05) is 26.7 Å². The van der Waals surface area contributed by atoms with Crippen LogP contribution in [0.4, 0.5) is 4.79 Å². The predicted octanol–water partition coefficient (Wildman–Crippen LogP) is 3.07. The zero-order valence-corrected chi connectivity index (χ0v) is 20.8.